The zero-order valence-corrected chi connectivity index (χ0v) is 12.1. The van der Waals surface area contributed by atoms with Gasteiger partial charge in [0.15, 0.2) is 0 Å². The Morgan fingerprint density at radius 2 is 1.53 bits per heavy atom. The van der Waals surface area contributed by atoms with E-state index in [1.165, 1.54) is 25.7 Å². The van der Waals surface area contributed by atoms with E-state index in [1.807, 2.05) is 13.8 Å². The lowest BCUT2D eigenvalue weighted by atomic mass is 10.1. The molecule has 0 radical (unpaired) electrons. The molecule has 0 spiro atoms. The molecule has 19 heavy (non-hydrogen) atoms. The molecule has 2 N–H and O–H groups in total. The van der Waals surface area contributed by atoms with Crippen LogP contribution in [0, 0.1) is 11.8 Å². The van der Waals surface area contributed by atoms with Gasteiger partial charge in [-0.3, -0.25) is 9.59 Å². The Morgan fingerprint density at radius 1 is 0.947 bits per heavy atom. The number of hydrogen-bond donors (Lipinski definition) is 2. The van der Waals surface area contributed by atoms with Crippen molar-refractivity contribution in [3.05, 3.63) is 0 Å². The van der Waals surface area contributed by atoms with Gasteiger partial charge in [-0.1, -0.05) is 25.7 Å². The largest absolute Gasteiger partial charge is 0.354 e. The molecule has 2 aliphatic carbocycles. The molecule has 0 bridgehead atoms. The summed E-state index contributed by atoms with van der Waals surface area (Å²) in [5.41, 5.74) is 0. The number of hydrogen-bond acceptors (Lipinski definition) is 2. The minimum absolute atomic E-state index is 0.0380. The molecule has 2 saturated carbocycles. The Labute approximate surface area is 115 Å². The quantitative estimate of drug-likeness (QED) is 0.764. The van der Waals surface area contributed by atoms with E-state index in [9.17, 15) is 9.59 Å². The second-order valence-electron chi connectivity index (χ2n) is 6.31. The Hall–Kier alpha value is -1.06. The van der Waals surface area contributed by atoms with Crippen LogP contribution < -0.4 is 10.6 Å². The van der Waals surface area contributed by atoms with E-state index in [0.29, 0.717) is 6.04 Å². The van der Waals surface area contributed by atoms with Crippen molar-refractivity contribution in [2.45, 2.75) is 70.9 Å². The number of rotatable bonds is 4. The molecular weight excluding hydrogens is 240 g/mol. The second-order valence-corrected chi connectivity index (χ2v) is 6.31. The standard InChI is InChI=1S/C15H26N2O2/c1-10(2)16-14(18)12-9-13(12)15(19)17-11-7-5-3-4-6-8-11/h10-13H,3-9H2,1-2H3,(H,16,18)(H,17,19). The zero-order chi connectivity index (χ0) is 13.8. The zero-order valence-electron chi connectivity index (χ0n) is 12.1. The van der Waals surface area contributed by atoms with Gasteiger partial charge in [-0.2, -0.15) is 0 Å². The fraction of sp³-hybridized carbons (Fsp3) is 0.867. The van der Waals surface area contributed by atoms with Crippen molar-refractivity contribution in [3.63, 3.8) is 0 Å². The van der Waals surface area contributed by atoms with E-state index in [1.54, 1.807) is 0 Å². The molecule has 0 heterocycles. The average Bonchev–Trinajstić information content (AvgIpc) is 3.12. The summed E-state index contributed by atoms with van der Waals surface area (Å²) in [4.78, 5) is 23.9. The summed E-state index contributed by atoms with van der Waals surface area (Å²) in [5.74, 6) is -0.0398. The Balaban J connectivity index is 1.74. The molecule has 2 aliphatic rings. The van der Waals surface area contributed by atoms with Crippen LogP contribution in [0.4, 0.5) is 0 Å². The van der Waals surface area contributed by atoms with Crippen molar-refractivity contribution >= 4 is 11.8 Å². The fourth-order valence-corrected chi connectivity index (χ4v) is 2.90. The van der Waals surface area contributed by atoms with Gasteiger partial charge in [-0.25, -0.2) is 0 Å². The summed E-state index contributed by atoms with van der Waals surface area (Å²) in [6.45, 7) is 3.89. The first kappa shape index (κ1) is 14.4. The maximum atomic E-state index is 12.1. The van der Waals surface area contributed by atoms with Gasteiger partial charge < -0.3 is 10.6 Å². The number of amides is 2. The van der Waals surface area contributed by atoms with Crippen LogP contribution in [0.2, 0.25) is 0 Å². The highest BCUT2D eigenvalue weighted by Crippen LogP contribution is 2.39. The van der Waals surface area contributed by atoms with Crippen LogP contribution in [-0.2, 0) is 9.59 Å². The maximum Gasteiger partial charge on any atom is 0.224 e. The van der Waals surface area contributed by atoms with Crippen molar-refractivity contribution in [3.8, 4) is 0 Å². The Kier molecular flexibility index (Phi) is 4.83. The van der Waals surface area contributed by atoms with Gasteiger partial charge in [-0.05, 0) is 33.1 Å². The van der Waals surface area contributed by atoms with Crippen LogP contribution >= 0.6 is 0 Å². The summed E-state index contributed by atoms with van der Waals surface area (Å²) >= 11 is 0. The SMILES string of the molecule is CC(C)NC(=O)C1CC1C(=O)NC1CCCCCC1. The van der Waals surface area contributed by atoms with Crippen LogP contribution in [0.5, 0.6) is 0 Å². The average molecular weight is 266 g/mol. The third-order valence-electron chi connectivity index (χ3n) is 4.10. The minimum Gasteiger partial charge on any atom is -0.354 e. The van der Waals surface area contributed by atoms with Gasteiger partial charge in [0.05, 0.1) is 11.8 Å². The Morgan fingerprint density at radius 3 is 2.11 bits per heavy atom. The van der Waals surface area contributed by atoms with Crippen LogP contribution in [-0.4, -0.2) is 23.9 Å². The van der Waals surface area contributed by atoms with Gasteiger partial charge in [0, 0.05) is 12.1 Å². The molecule has 4 nitrogen and oxygen atoms in total. The molecule has 2 unspecified atom stereocenters. The van der Waals surface area contributed by atoms with Gasteiger partial charge in [0.1, 0.15) is 0 Å². The predicted molar refractivity (Wildman–Crippen MR) is 74.5 cm³/mol. The molecular formula is C15H26N2O2. The summed E-state index contributed by atoms with van der Waals surface area (Å²) in [6.07, 6.45) is 7.92. The van der Waals surface area contributed by atoms with Gasteiger partial charge in [0.25, 0.3) is 0 Å². The maximum absolute atomic E-state index is 12.1. The molecule has 108 valence electrons. The monoisotopic (exact) mass is 266 g/mol. The molecule has 2 rings (SSSR count). The molecule has 0 aromatic heterocycles. The highest BCUT2D eigenvalue weighted by Gasteiger charge is 2.48. The molecule has 2 atom stereocenters. The predicted octanol–water partition coefficient (Wildman–Crippen LogP) is 1.99. The highest BCUT2D eigenvalue weighted by atomic mass is 16.2. The first-order valence-electron chi connectivity index (χ1n) is 7.68. The van der Waals surface area contributed by atoms with E-state index in [-0.39, 0.29) is 29.7 Å². The number of carbonyl (C=O) groups is 2. The third kappa shape index (κ3) is 4.22. The Bertz CT molecular complexity index is 333. The summed E-state index contributed by atoms with van der Waals surface area (Å²) < 4.78 is 0. The van der Waals surface area contributed by atoms with E-state index in [2.05, 4.69) is 10.6 Å². The summed E-state index contributed by atoms with van der Waals surface area (Å²) in [6, 6.07) is 0.489. The van der Waals surface area contributed by atoms with E-state index < -0.39 is 0 Å². The minimum atomic E-state index is -0.0896. The topological polar surface area (TPSA) is 58.2 Å². The second kappa shape index (κ2) is 6.40. The molecule has 0 saturated heterocycles. The lowest BCUT2D eigenvalue weighted by Gasteiger charge is -2.16. The lowest BCUT2D eigenvalue weighted by Crippen LogP contribution is -2.37. The third-order valence-corrected chi connectivity index (χ3v) is 4.10. The normalized spacial score (nSPS) is 27.7. The molecule has 2 amide bonds. The van der Waals surface area contributed by atoms with Gasteiger partial charge in [0.2, 0.25) is 11.8 Å². The van der Waals surface area contributed by atoms with Crippen LogP contribution in [0.3, 0.4) is 0 Å². The molecule has 0 aromatic carbocycles. The molecule has 2 fully saturated rings. The summed E-state index contributed by atoms with van der Waals surface area (Å²) in [5, 5.41) is 6.02. The number of nitrogens with one attached hydrogen (secondary N) is 2. The van der Waals surface area contributed by atoms with Crippen molar-refractivity contribution in [1.29, 1.82) is 0 Å². The first-order chi connectivity index (χ1) is 9.08. The van der Waals surface area contributed by atoms with Crippen molar-refractivity contribution in [2.75, 3.05) is 0 Å². The van der Waals surface area contributed by atoms with Crippen LogP contribution in [0.15, 0.2) is 0 Å². The van der Waals surface area contributed by atoms with E-state index in [4.69, 9.17) is 0 Å². The van der Waals surface area contributed by atoms with E-state index >= 15 is 0 Å². The molecule has 4 heteroatoms. The first-order valence-corrected chi connectivity index (χ1v) is 7.68. The number of carbonyl (C=O) groups excluding carboxylic acids is 2. The van der Waals surface area contributed by atoms with Crippen LogP contribution in [0.25, 0.3) is 0 Å². The van der Waals surface area contributed by atoms with Gasteiger partial charge >= 0.3 is 0 Å². The molecule has 0 aliphatic heterocycles. The summed E-state index contributed by atoms with van der Waals surface area (Å²) in [7, 11) is 0. The van der Waals surface area contributed by atoms with Crippen molar-refractivity contribution < 1.29 is 9.59 Å². The van der Waals surface area contributed by atoms with Crippen LogP contribution in [0.1, 0.15) is 58.8 Å². The fourth-order valence-electron chi connectivity index (χ4n) is 2.90. The van der Waals surface area contributed by atoms with Crippen molar-refractivity contribution in [1.82, 2.24) is 10.6 Å². The highest BCUT2D eigenvalue weighted by molar-refractivity contribution is 5.92. The lowest BCUT2D eigenvalue weighted by molar-refractivity contribution is -0.128. The van der Waals surface area contributed by atoms with Crippen molar-refractivity contribution in [2.24, 2.45) is 11.8 Å². The smallest absolute Gasteiger partial charge is 0.224 e. The van der Waals surface area contributed by atoms with Gasteiger partial charge in [-0.15, -0.1) is 0 Å². The van der Waals surface area contributed by atoms with E-state index in [0.717, 1.165) is 19.3 Å². The molecule has 0 aromatic rings.